The minimum absolute atomic E-state index is 0.717. The molecule has 0 aliphatic carbocycles. The molecule has 16 heavy (non-hydrogen) atoms. The van der Waals surface area contributed by atoms with Crippen LogP contribution in [0.2, 0.25) is 0 Å². The smallest absolute Gasteiger partial charge is 0.134 e. The first-order valence-corrected chi connectivity index (χ1v) is 5.93. The van der Waals surface area contributed by atoms with E-state index in [1.807, 2.05) is 20.8 Å². The van der Waals surface area contributed by atoms with E-state index >= 15 is 0 Å². The fraction of sp³-hybridized carbons (Fsp3) is 0.500. The highest BCUT2D eigenvalue weighted by Crippen LogP contribution is 2.38. The van der Waals surface area contributed by atoms with Crippen molar-refractivity contribution in [3.63, 3.8) is 0 Å². The molecule has 0 fully saturated rings. The summed E-state index contributed by atoms with van der Waals surface area (Å²) in [6.07, 6.45) is -0.717. The number of aliphatic hydroxyl groups is 1. The summed E-state index contributed by atoms with van der Waals surface area (Å²) in [6.45, 7) is 5.99. The first-order valence-electron chi connectivity index (χ1n) is 5.14. The van der Waals surface area contributed by atoms with Crippen LogP contribution in [0.15, 0.2) is 4.47 Å². The van der Waals surface area contributed by atoms with Gasteiger partial charge in [-0.2, -0.15) is 0 Å². The first kappa shape index (κ1) is 13.5. The van der Waals surface area contributed by atoms with Gasteiger partial charge in [-0.1, -0.05) is 15.9 Å². The SMILES string of the molecule is CNC(O)c1c(C)c(Br)c(C)c(C)c1OC. The number of hydrogen-bond donors (Lipinski definition) is 2. The normalized spacial score (nSPS) is 12.7. The lowest BCUT2D eigenvalue weighted by Gasteiger charge is -2.21. The van der Waals surface area contributed by atoms with Crippen LogP contribution in [-0.2, 0) is 0 Å². The predicted molar refractivity (Wildman–Crippen MR) is 68.9 cm³/mol. The van der Waals surface area contributed by atoms with Crippen molar-refractivity contribution < 1.29 is 9.84 Å². The Morgan fingerprint density at radius 1 is 1.19 bits per heavy atom. The number of nitrogens with one attached hydrogen (secondary N) is 1. The molecule has 1 aromatic rings. The maximum Gasteiger partial charge on any atom is 0.134 e. The maximum absolute atomic E-state index is 9.95. The summed E-state index contributed by atoms with van der Waals surface area (Å²) in [5.41, 5.74) is 3.98. The Labute approximate surface area is 105 Å². The van der Waals surface area contributed by atoms with Crippen molar-refractivity contribution >= 4 is 15.9 Å². The second kappa shape index (κ2) is 5.17. The van der Waals surface area contributed by atoms with E-state index in [2.05, 4.69) is 21.2 Å². The lowest BCUT2D eigenvalue weighted by Crippen LogP contribution is -2.18. The molecule has 0 aromatic heterocycles. The number of benzene rings is 1. The minimum Gasteiger partial charge on any atom is -0.496 e. The summed E-state index contributed by atoms with van der Waals surface area (Å²) < 4.78 is 6.42. The molecule has 3 nitrogen and oxygen atoms in total. The number of rotatable bonds is 3. The molecule has 0 aliphatic rings. The van der Waals surface area contributed by atoms with Crippen molar-refractivity contribution in [2.75, 3.05) is 14.2 Å². The molecule has 1 aromatic carbocycles. The number of aliphatic hydroxyl groups excluding tert-OH is 1. The van der Waals surface area contributed by atoms with Gasteiger partial charge in [-0.15, -0.1) is 0 Å². The zero-order valence-electron chi connectivity index (χ0n) is 10.3. The molecule has 90 valence electrons. The number of hydrogen-bond acceptors (Lipinski definition) is 3. The number of ether oxygens (including phenoxy) is 1. The Bertz CT molecular complexity index is 405. The van der Waals surface area contributed by atoms with Crippen molar-refractivity contribution in [2.24, 2.45) is 0 Å². The van der Waals surface area contributed by atoms with Gasteiger partial charge in [0.25, 0.3) is 0 Å². The average molecular weight is 288 g/mol. The molecular weight excluding hydrogens is 270 g/mol. The van der Waals surface area contributed by atoms with E-state index in [4.69, 9.17) is 4.74 Å². The first-order chi connectivity index (χ1) is 7.45. The van der Waals surface area contributed by atoms with Gasteiger partial charge >= 0.3 is 0 Å². The molecular formula is C12H18BrNO2. The lowest BCUT2D eigenvalue weighted by atomic mass is 9.98. The van der Waals surface area contributed by atoms with Crippen LogP contribution in [0.3, 0.4) is 0 Å². The molecule has 1 atom stereocenters. The van der Waals surface area contributed by atoms with E-state index < -0.39 is 6.23 Å². The fourth-order valence-electron chi connectivity index (χ4n) is 1.84. The molecule has 0 radical (unpaired) electrons. The second-order valence-electron chi connectivity index (χ2n) is 3.83. The topological polar surface area (TPSA) is 41.5 Å². The predicted octanol–water partition coefficient (Wildman–Crippen LogP) is 2.59. The van der Waals surface area contributed by atoms with E-state index in [0.29, 0.717) is 0 Å². The van der Waals surface area contributed by atoms with E-state index in [0.717, 1.165) is 32.5 Å². The molecule has 0 spiro atoms. The fourth-order valence-corrected chi connectivity index (χ4v) is 2.35. The van der Waals surface area contributed by atoms with Gasteiger partial charge in [0.05, 0.1) is 7.11 Å². The molecule has 1 rings (SSSR count). The average Bonchev–Trinajstić information content (AvgIpc) is 2.29. The van der Waals surface area contributed by atoms with Gasteiger partial charge in [-0.05, 0) is 44.5 Å². The van der Waals surface area contributed by atoms with Crippen LogP contribution in [0.5, 0.6) is 5.75 Å². The molecule has 0 amide bonds. The number of methoxy groups -OCH3 is 1. The van der Waals surface area contributed by atoms with Gasteiger partial charge in [0.2, 0.25) is 0 Å². The highest BCUT2D eigenvalue weighted by Gasteiger charge is 2.21. The Balaban J connectivity index is 3.57. The third-order valence-electron chi connectivity index (χ3n) is 2.96. The van der Waals surface area contributed by atoms with E-state index in [1.165, 1.54) is 0 Å². The van der Waals surface area contributed by atoms with Gasteiger partial charge in [0.1, 0.15) is 12.0 Å². The summed E-state index contributed by atoms with van der Waals surface area (Å²) in [7, 11) is 3.34. The quantitative estimate of drug-likeness (QED) is 0.840. The molecule has 0 aliphatic heterocycles. The van der Waals surface area contributed by atoms with Gasteiger partial charge < -0.3 is 9.84 Å². The van der Waals surface area contributed by atoms with Crippen LogP contribution < -0.4 is 10.1 Å². The van der Waals surface area contributed by atoms with E-state index in [9.17, 15) is 5.11 Å². The zero-order valence-corrected chi connectivity index (χ0v) is 11.9. The minimum atomic E-state index is -0.717. The van der Waals surface area contributed by atoms with Gasteiger partial charge in [-0.25, -0.2) is 0 Å². The van der Waals surface area contributed by atoms with Crippen molar-refractivity contribution in [3.05, 3.63) is 26.7 Å². The standard InChI is InChI=1S/C12H18BrNO2/c1-6-7(2)11(16-5)9(12(15)14-4)8(3)10(6)13/h12,14-15H,1-5H3. The summed E-state index contributed by atoms with van der Waals surface area (Å²) in [5, 5.41) is 12.8. The maximum atomic E-state index is 9.95. The second-order valence-corrected chi connectivity index (χ2v) is 4.62. The molecule has 4 heteroatoms. The molecule has 0 bridgehead atoms. The molecule has 0 saturated heterocycles. The van der Waals surface area contributed by atoms with Gasteiger partial charge in [0, 0.05) is 10.0 Å². The van der Waals surface area contributed by atoms with Crippen LogP contribution in [0.4, 0.5) is 0 Å². The monoisotopic (exact) mass is 287 g/mol. The Morgan fingerprint density at radius 3 is 2.19 bits per heavy atom. The molecule has 1 unspecified atom stereocenters. The van der Waals surface area contributed by atoms with Gasteiger partial charge in [0.15, 0.2) is 0 Å². The van der Waals surface area contributed by atoms with Crippen LogP contribution >= 0.6 is 15.9 Å². The molecule has 0 saturated carbocycles. The van der Waals surface area contributed by atoms with Gasteiger partial charge in [-0.3, -0.25) is 5.32 Å². The van der Waals surface area contributed by atoms with Crippen molar-refractivity contribution in [3.8, 4) is 5.75 Å². The lowest BCUT2D eigenvalue weighted by molar-refractivity contribution is 0.144. The third-order valence-corrected chi connectivity index (χ3v) is 4.15. The van der Waals surface area contributed by atoms with Crippen LogP contribution in [0, 0.1) is 20.8 Å². The Morgan fingerprint density at radius 2 is 1.75 bits per heavy atom. The van der Waals surface area contributed by atoms with Crippen molar-refractivity contribution in [1.82, 2.24) is 5.32 Å². The van der Waals surface area contributed by atoms with Crippen molar-refractivity contribution in [2.45, 2.75) is 27.0 Å². The van der Waals surface area contributed by atoms with Crippen LogP contribution in [-0.4, -0.2) is 19.3 Å². The third kappa shape index (κ3) is 2.10. The molecule has 2 N–H and O–H groups in total. The largest absolute Gasteiger partial charge is 0.496 e. The van der Waals surface area contributed by atoms with Crippen molar-refractivity contribution in [1.29, 1.82) is 0 Å². The van der Waals surface area contributed by atoms with Crippen LogP contribution in [0.1, 0.15) is 28.5 Å². The zero-order chi connectivity index (χ0) is 12.5. The Kier molecular flexibility index (Phi) is 4.35. The van der Waals surface area contributed by atoms with E-state index in [-0.39, 0.29) is 0 Å². The van der Waals surface area contributed by atoms with Crippen LogP contribution in [0.25, 0.3) is 0 Å². The summed E-state index contributed by atoms with van der Waals surface area (Å²) >= 11 is 3.55. The summed E-state index contributed by atoms with van der Waals surface area (Å²) in [5.74, 6) is 0.750. The number of halogens is 1. The Hall–Kier alpha value is -0.580. The highest BCUT2D eigenvalue weighted by molar-refractivity contribution is 9.10. The summed E-state index contributed by atoms with van der Waals surface area (Å²) in [6, 6.07) is 0. The summed E-state index contributed by atoms with van der Waals surface area (Å²) in [4.78, 5) is 0. The molecule has 0 heterocycles. The highest BCUT2D eigenvalue weighted by atomic mass is 79.9. The van der Waals surface area contributed by atoms with E-state index in [1.54, 1.807) is 14.2 Å².